The molecule has 0 bridgehead atoms. The number of rotatable bonds is 21. The van der Waals surface area contributed by atoms with Gasteiger partial charge < -0.3 is 31.7 Å². The van der Waals surface area contributed by atoms with E-state index in [1.54, 1.807) is 24.3 Å². The van der Waals surface area contributed by atoms with E-state index in [0.717, 1.165) is 17.1 Å². The number of amides is 7. The Hall–Kier alpha value is -5.08. The number of carbonyl (C=O) groups is 8. The highest BCUT2D eigenvalue weighted by Crippen LogP contribution is 2.19. The molecule has 1 heterocycles. The van der Waals surface area contributed by atoms with Crippen LogP contribution < -0.4 is 27.0 Å². The zero-order valence-corrected chi connectivity index (χ0v) is 29.4. The Kier molecular flexibility index (Phi) is 16.8. The summed E-state index contributed by atoms with van der Waals surface area (Å²) in [6, 6.07) is 3.80. The fourth-order valence-corrected chi connectivity index (χ4v) is 5.27. The number of nitrogens with zero attached hydrogens (tertiary/aromatic N) is 1. The van der Waals surface area contributed by atoms with E-state index in [9.17, 15) is 38.4 Å². The smallest absolute Gasteiger partial charge is 0.312 e. The molecule has 0 spiro atoms. The summed E-state index contributed by atoms with van der Waals surface area (Å²) in [5, 5.41) is 10.8. The van der Waals surface area contributed by atoms with Gasteiger partial charge >= 0.3 is 12.0 Å². The molecule has 1 aromatic carbocycles. The molecule has 274 valence electrons. The van der Waals surface area contributed by atoms with E-state index in [1.807, 2.05) is 27.7 Å². The van der Waals surface area contributed by atoms with Crippen molar-refractivity contribution in [1.29, 1.82) is 0 Å². The summed E-state index contributed by atoms with van der Waals surface area (Å²) in [7, 11) is 0. The van der Waals surface area contributed by atoms with Crippen molar-refractivity contribution in [2.24, 2.45) is 23.5 Å². The van der Waals surface area contributed by atoms with Crippen LogP contribution >= 0.6 is 0 Å². The lowest BCUT2D eigenvalue weighted by Gasteiger charge is -2.26. The predicted molar refractivity (Wildman–Crippen MR) is 184 cm³/mol. The Morgan fingerprint density at radius 3 is 1.98 bits per heavy atom. The molecule has 1 aliphatic rings. The van der Waals surface area contributed by atoms with Crippen molar-refractivity contribution in [2.75, 3.05) is 18.4 Å². The second-order valence-corrected chi connectivity index (χ2v) is 13.1. The number of Topliss-reactive ketones (excluding diaryl/α,β-unsaturated/α-hetero) is 1. The third-order valence-electron chi connectivity index (χ3n) is 7.72. The molecule has 1 aromatic rings. The molecule has 7 amide bonds. The molecule has 3 atom stereocenters. The molecular formula is C35H50N6O9. The second-order valence-electron chi connectivity index (χ2n) is 13.1. The Bertz CT molecular complexity index is 1410. The molecule has 0 fully saturated rings. The van der Waals surface area contributed by atoms with Crippen LogP contribution in [0.5, 0.6) is 0 Å². The van der Waals surface area contributed by atoms with Crippen molar-refractivity contribution in [1.82, 2.24) is 20.9 Å². The molecule has 1 aliphatic heterocycles. The van der Waals surface area contributed by atoms with Gasteiger partial charge in [0.2, 0.25) is 17.7 Å². The van der Waals surface area contributed by atoms with Crippen LogP contribution in [0.2, 0.25) is 0 Å². The highest BCUT2D eigenvalue weighted by molar-refractivity contribution is 6.13. The lowest BCUT2D eigenvalue weighted by Crippen LogP contribution is -2.54. The summed E-state index contributed by atoms with van der Waals surface area (Å²) >= 11 is 0. The minimum Gasteiger partial charge on any atom is -0.461 e. The van der Waals surface area contributed by atoms with Gasteiger partial charge in [0.25, 0.3) is 11.8 Å². The molecule has 6 N–H and O–H groups in total. The summed E-state index contributed by atoms with van der Waals surface area (Å²) in [4.78, 5) is 101. The fraction of sp³-hybridized carbons (Fsp3) is 0.543. The number of nitrogens with one attached hydrogen (secondary N) is 4. The summed E-state index contributed by atoms with van der Waals surface area (Å²) < 4.78 is 4.98. The number of anilines is 1. The number of primary amides is 1. The lowest BCUT2D eigenvalue weighted by molar-refractivity contribution is -0.142. The van der Waals surface area contributed by atoms with Crippen LogP contribution in [-0.4, -0.2) is 77.4 Å². The molecule has 0 saturated carbocycles. The van der Waals surface area contributed by atoms with Gasteiger partial charge in [0.1, 0.15) is 24.5 Å². The van der Waals surface area contributed by atoms with E-state index >= 15 is 0 Å². The average Bonchev–Trinajstić information content (AvgIpc) is 3.35. The van der Waals surface area contributed by atoms with E-state index in [0.29, 0.717) is 24.1 Å². The Labute approximate surface area is 292 Å². The number of urea groups is 1. The first-order valence-electron chi connectivity index (χ1n) is 16.8. The molecule has 0 unspecified atom stereocenters. The van der Waals surface area contributed by atoms with Gasteiger partial charge in [-0.3, -0.25) is 38.5 Å². The Balaban J connectivity index is 2.16. The molecule has 0 saturated heterocycles. The van der Waals surface area contributed by atoms with Crippen molar-refractivity contribution >= 4 is 53.0 Å². The maximum absolute atomic E-state index is 13.7. The molecule has 2 rings (SSSR count). The SMILES string of the molecule is CC(=O)OCc1ccc(NC(=O)[C@H](CCCNC(N)=O)NC(=O)[C@H](CC(C)C)NC(=O)[C@H](CC(=O)CCN2C(=O)C=CC2=O)CC(C)C)cc1. The van der Waals surface area contributed by atoms with Crippen molar-refractivity contribution in [2.45, 2.75) is 91.8 Å². The fourth-order valence-electron chi connectivity index (χ4n) is 5.27. The van der Waals surface area contributed by atoms with Gasteiger partial charge in [0.05, 0.1) is 0 Å². The largest absolute Gasteiger partial charge is 0.461 e. The number of ether oxygens (including phenoxy) is 1. The van der Waals surface area contributed by atoms with E-state index < -0.39 is 59.5 Å². The molecule has 0 aliphatic carbocycles. The van der Waals surface area contributed by atoms with Gasteiger partial charge in [0, 0.05) is 56.6 Å². The minimum absolute atomic E-state index is 0.0297. The first-order chi connectivity index (χ1) is 23.5. The van der Waals surface area contributed by atoms with Crippen LogP contribution in [0.25, 0.3) is 0 Å². The topological polar surface area (TPSA) is 223 Å². The van der Waals surface area contributed by atoms with Crippen molar-refractivity contribution in [3.8, 4) is 0 Å². The average molecular weight is 699 g/mol. The van der Waals surface area contributed by atoms with Crippen LogP contribution in [0, 0.1) is 17.8 Å². The normalized spacial score (nSPS) is 14.3. The quantitative estimate of drug-likeness (QED) is 0.0719. The second kappa shape index (κ2) is 20.4. The number of esters is 1. The van der Waals surface area contributed by atoms with Crippen LogP contribution in [0.3, 0.4) is 0 Å². The summed E-state index contributed by atoms with van der Waals surface area (Å²) in [6.45, 7) is 9.00. The third-order valence-corrected chi connectivity index (χ3v) is 7.72. The molecule has 0 radical (unpaired) electrons. The van der Waals surface area contributed by atoms with Gasteiger partial charge in [-0.15, -0.1) is 0 Å². The first kappa shape index (κ1) is 41.1. The van der Waals surface area contributed by atoms with Crippen molar-refractivity contribution in [3.63, 3.8) is 0 Å². The maximum atomic E-state index is 13.7. The number of hydrogen-bond acceptors (Lipinski definition) is 9. The van der Waals surface area contributed by atoms with Crippen LogP contribution in [0.4, 0.5) is 10.5 Å². The molecule has 50 heavy (non-hydrogen) atoms. The van der Waals surface area contributed by atoms with Crippen LogP contribution in [0.15, 0.2) is 36.4 Å². The molecule has 15 heteroatoms. The monoisotopic (exact) mass is 698 g/mol. The van der Waals surface area contributed by atoms with Crippen molar-refractivity contribution < 1.29 is 43.1 Å². The van der Waals surface area contributed by atoms with E-state index in [4.69, 9.17) is 10.5 Å². The van der Waals surface area contributed by atoms with Crippen molar-refractivity contribution in [3.05, 3.63) is 42.0 Å². The standard InChI is InChI=1S/C35H50N6O9/c1-21(2)17-25(19-27(43)14-16-41-30(44)12-13-31(41)45)32(46)40-29(18-22(3)4)34(48)39-28(7-6-15-37-35(36)49)33(47)38-26-10-8-24(9-11-26)20-50-23(5)42/h8-13,21-22,25,28-29H,6-7,14-20H2,1-5H3,(H,38,47)(H,39,48)(H,40,46)(H3,36,37,49)/t25-,28-,29-/m0/s1. The minimum atomic E-state index is -1.05. The number of ketones is 1. The van der Waals surface area contributed by atoms with Gasteiger partial charge in [0.15, 0.2) is 0 Å². The third kappa shape index (κ3) is 15.0. The molecular weight excluding hydrogens is 648 g/mol. The van der Waals surface area contributed by atoms with Gasteiger partial charge in [-0.1, -0.05) is 39.8 Å². The summed E-state index contributed by atoms with van der Waals surface area (Å²) in [5.41, 5.74) is 6.29. The van der Waals surface area contributed by atoms with E-state index in [1.165, 1.54) is 6.92 Å². The summed E-state index contributed by atoms with van der Waals surface area (Å²) in [6.07, 6.45) is 3.07. The number of hydrogen-bond donors (Lipinski definition) is 5. The highest BCUT2D eigenvalue weighted by atomic mass is 16.5. The van der Waals surface area contributed by atoms with Crippen LogP contribution in [0.1, 0.15) is 78.7 Å². The number of benzene rings is 1. The van der Waals surface area contributed by atoms with Crippen LogP contribution in [-0.2, 0) is 44.9 Å². The Morgan fingerprint density at radius 1 is 0.820 bits per heavy atom. The first-order valence-corrected chi connectivity index (χ1v) is 16.8. The molecule has 15 nitrogen and oxygen atoms in total. The van der Waals surface area contributed by atoms with Gasteiger partial charge in [-0.05, 0) is 55.2 Å². The molecule has 0 aromatic heterocycles. The van der Waals surface area contributed by atoms with E-state index in [-0.39, 0.29) is 63.0 Å². The number of nitrogens with two attached hydrogens (primary N) is 1. The zero-order valence-electron chi connectivity index (χ0n) is 29.4. The Morgan fingerprint density at radius 2 is 1.42 bits per heavy atom. The van der Waals surface area contributed by atoms with Gasteiger partial charge in [-0.2, -0.15) is 0 Å². The number of imide groups is 1. The lowest BCUT2D eigenvalue weighted by atomic mass is 9.90. The summed E-state index contributed by atoms with van der Waals surface area (Å²) in [5.74, 6) is -4.10. The highest BCUT2D eigenvalue weighted by Gasteiger charge is 2.31. The van der Waals surface area contributed by atoms with Gasteiger partial charge in [-0.25, -0.2) is 4.79 Å². The number of carbonyl (C=O) groups excluding carboxylic acids is 8. The zero-order chi connectivity index (χ0) is 37.4. The maximum Gasteiger partial charge on any atom is 0.312 e. The van der Waals surface area contributed by atoms with E-state index in [2.05, 4.69) is 21.3 Å². The predicted octanol–water partition coefficient (Wildman–Crippen LogP) is 2.09.